The van der Waals surface area contributed by atoms with E-state index in [9.17, 15) is 5.11 Å². The average Bonchev–Trinajstić information content (AvgIpc) is 2.73. The van der Waals surface area contributed by atoms with Gasteiger partial charge in [0.2, 0.25) is 0 Å². The van der Waals surface area contributed by atoms with Crippen LogP contribution >= 0.6 is 0 Å². The summed E-state index contributed by atoms with van der Waals surface area (Å²) in [6.45, 7) is 10.0. The molecule has 2 atom stereocenters. The van der Waals surface area contributed by atoms with E-state index in [1.165, 1.54) is 26.1 Å². The number of nitrogens with one attached hydrogen (secondary N) is 1. The predicted octanol–water partition coefficient (Wildman–Crippen LogP) is 0.621. The van der Waals surface area contributed by atoms with Crippen LogP contribution < -0.4 is 5.32 Å². The van der Waals surface area contributed by atoms with Gasteiger partial charge in [0.15, 0.2) is 0 Å². The predicted molar refractivity (Wildman–Crippen MR) is 76.9 cm³/mol. The molecule has 1 aliphatic rings. The van der Waals surface area contributed by atoms with Gasteiger partial charge in [-0.15, -0.1) is 0 Å². The molecule has 4 nitrogen and oxygen atoms in total. The molecule has 1 fully saturated rings. The van der Waals surface area contributed by atoms with E-state index >= 15 is 0 Å². The van der Waals surface area contributed by atoms with Crippen molar-refractivity contribution in [3.63, 3.8) is 0 Å². The molecule has 0 radical (unpaired) electrons. The molecule has 1 heterocycles. The van der Waals surface area contributed by atoms with Crippen LogP contribution in [-0.4, -0.2) is 73.9 Å². The first kappa shape index (κ1) is 15.9. The maximum Gasteiger partial charge on any atom is 0.0611 e. The lowest BCUT2D eigenvalue weighted by Crippen LogP contribution is -2.47. The van der Waals surface area contributed by atoms with Crippen molar-refractivity contribution in [3.05, 3.63) is 0 Å². The molecule has 2 unspecified atom stereocenters. The summed E-state index contributed by atoms with van der Waals surface area (Å²) >= 11 is 0. The molecule has 2 N–H and O–H groups in total. The van der Waals surface area contributed by atoms with E-state index in [4.69, 9.17) is 0 Å². The number of likely N-dealkylation sites (tertiary alicyclic amines) is 1. The Morgan fingerprint density at radius 3 is 2.72 bits per heavy atom. The molecule has 108 valence electrons. The van der Waals surface area contributed by atoms with Crippen LogP contribution in [0.25, 0.3) is 0 Å². The van der Waals surface area contributed by atoms with Crippen LogP contribution in [0.5, 0.6) is 0 Å². The second-order valence-corrected chi connectivity index (χ2v) is 6.18. The minimum atomic E-state index is -0.129. The van der Waals surface area contributed by atoms with Gasteiger partial charge < -0.3 is 20.2 Å². The molecular weight excluding hydrogens is 226 g/mol. The molecule has 0 aromatic rings. The van der Waals surface area contributed by atoms with Crippen LogP contribution in [-0.2, 0) is 0 Å². The summed E-state index contributed by atoms with van der Waals surface area (Å²) in [7, 11) is 4.40. The SMILES string of the molecule is CCNC(C)(CO)CCN(C)CC1CCN(C)C1. The summed E-state index contributed by atoms with van der Waals surface area (Å²) in [6, 6.07) is 0. The van der Waals surface area contributed by atoms with E-state index in [2.05, 4.69) is 43.1 Å². The van der Waals surface area contributed by atoms with Gasteiger partial charge in [0.25, 0.3) is 0 Å². The smallest absolute Gasteiger partial charge is 0.0611 e. The Labute approximate surface area is 112 Å². The Hall–Kier alpha value is -0.160. The van der Waals surface area contributed by atoms with Crippen LogP contribution in [0.15, 0.2) is 0 Å². The minimum Gasteiger partial charge on any atom is -0.394 e. The fourth-order valence-electron chi connectivity index (χ4n) is 2.80. The maximum atomic E-state index is 9.46. The largest absolute Gasteiger partial charge is 0.394 e. The molecular formula is C14H31N3O. The molecule has 0 aromatic heterocycles. The first-order valence-electron chi connectivity index (χ1n) is 7.22. The fraction of sp³-hybridized carbons (Fsp3) is 1.00. The van der Waals surface area contributed by atoms with Gasteiger partial charge in [0, 0.05) is 18.6 Å². The quantitative estimate of drug-likeness (QED) is 0.669. The number of likely N-dealkylation sites (N-methyl/N-ethyl adjacent to an activating group) is 1. The first-order valence-corrected chi connectivity index (χ1v) is 7.22. The molecule has 1 aliphatic heterocycles. The van der Waals surface area contributed by atoms with Gasteiger partial charge in [-0.3, -0.25) is 0 Å². The normalized spacial score (nSPS) is 24.7. The van der Waals surface area contributed by atoms with E-state index < -0.39 is 0 Å². The van der Waals surface area contributed by atoms with E-state index in [-0.39, 0.29) is 12.1 Å². The number of hydrogen-bond acceptors (Lipinski definition) is 4. The van der Waals surface area contributed by atoms with E-state index in [1.807, 2.05) is 0 Å². The standard InChI is InChI=1S/C14H31N3O/c1-5-15-14(2,12-18)7-9-17(4)11-13-6-8-16(3)10-13/h13,15,18H,5-12H2,1-4H3. The molecule has 0 bridgehead atoms. The van der Waals surface area contributed by atoms with Crippen LogP contribution in [0.1, 0.15) is 26.7 Å². The lowest BCUT2D eigenvalue weighted by Gasteiger charge is -2.31. The van der Waals surface area contributed by atoms with Crippen molar-refractivity contribution < 1.29 is 5.11 Å². The molecule has 1 rings (SSSR count). The van der Waals surface area contributed by atoms with Crippen molar-refractivity contribution in [2.45, 2.75) is 32.2 Å². The van der Waals surface area contributed by atoms with E-state index in [0.29, 0.717) is 0 Å². The van der Waals surface area contributed by atoms with E-state index in [1.54, 1.807) is 0 Å². The molecule has 0 amide bonds. The lowest BCUT2D eigenvalue weighted by molar-refractivity contribution is 0.149. The van der Waals surface area contributed by atoms with Crippen LogP contribution in [0, 0.1) is 5.92 Å². The number of aliphatic hydroxyl groups is 1. The molecule has 0 saturated carbocycles. The Bertz CT molecular complexity index is 237. The highest BCUT2D eigenvalue weighted by atomic mass is 16.3. The zero-order valence-corrected chi connectivity index (χ0v) is 12.6. The Kier molecular flexibility index (Phi) is 6.57. The van der Waals surface area contributed by atoms with Crippen LogP contribution in [0.3, 0.4) is 0 Å². The zero-order chi connectivity index (χ0) is 13.6. The summed E-state index contributed by atoms with van der Waals surface area (Å²) in [4.78, 5) is 4.82. The summed E-state index contributed by atoms with van der Waals surface area (Å²) < 4.78 is 0. The van der Waals surface area contributed by atoms with Crippen molar-refractivity contribution in [2.24, 2.45) is 5.92 Å². The second-order valence-electron chi connectivity index (χ2n) is 6.18. The van der Waals surface area contributed by atoms with Crippen molar-refractivity contribution in [3.8, 4) is 0 Å². The molecule has 4 heteroatoms. The third-order valence-electron chi connectivity index (χ3n) is 4.06. The highest BCUT2D eigenvalue weighted by molar-refractivity contribution is 4.83. The van der Waals surface area contributed by atoms with E-state index in [0.717, 1.165) is 25.4 Å². The number of rotatable bonds is 8. The van der Waals surface area contributed by atoms with Crippen molar-refractivity contribution in [2.75, 3.05) is 53.4 Å². The fourth-order valence-corrected chi connectivity index (χ4v) is 2.80. The highest BCUT2D eigenvalue weighted by Gasteiger charge is 2.24. The summed E-state index contributed by atoms with van der Waals surface area (Å²) in [5.74, 6) is 0.819. The molecule has 1 saturated heterocycles. The Morgan fingerprint density at radius 2 is 2.22 bits per heavy atom. The van der Waals surface area contributed by atoms with Gasteiger partial charge in [0.05, 0.1) is 6.61 Å². The van der Waals surface area contributed by atoms with Gasteiger partial charge in [-0.05, 0) is 59.4 Å². The highest BCUT2D eigenvalue weighted by Crippen LogP contribution is 2.16. The van der Waals surface area contributed by atoms with Gasteiger partial charge in [-0.25, -0.2) is 0 Å². The molecule has 0 spiro atoms. The number of hydrogen-bond donors (Lipinski definition) is 2. The van der Waals surface area contributed by atoms with Gasteiger partial charge >= 0.3 is 0 Å². The molecule has 18 heavy (non-hydrogen) atoms. The lowest BCUT2D eigenvalue weighted by atomic mass is 9.98. The first-order chi connectivity index (χ1) is 8.49. The number of aliphatic hydroxyl groups excluding tert-OH is 1. The van der Waals surface area contributed by atoms with Crippen LogP contribution in [0.4, 0.5) is 0 Å². The zero-order valence-electron chi connectivity index (χ0n) is 12.6. The Balaban J connectivity index is 2.25. The van der Waals surface area contributed by atoms with Crippen molar-refractivity contribution >= 4 is 0 Å². The topological polar surface area (TPSA) is 38.7 Å². The van der Waals surface area contributed by atoms with Crippen molar-refractivity contribution in [1.29, 1.82) is 0 Å². The van der Waals surface area contributed by atoms with Crippen LogP contribution in [0.2, 0.25) is 0 Å². The molecule has 0 aromatic carbocycles. The second kappa shape index (κ2) is 7.43. The summed E-state index contributed by atoms with van der Waals surface area (Å²) in [5.41, 5.74) is -0.129. The minimum absolute atomic E-state index is 0.129. The monoisotopic (exact) mass is 257 g/mol. The summed E-state index contributed by atoms with van der Waals surface area (Å²) in [5, 5.41) is 12.8. The molecule has 0 aliphatic carbocycles. The van der Waals surface area contributed by atoms with Gasteiger partial charge in [-0.2, -0.15) is 0 Å². The Morgan fingerprint density at radius 1 is 1.50 bits per heavy atom. The van der Waals surface area contributed by atoms with Gasteiger partial charge in [0.1, 0.15) is 0 Å². The summed E-state index contributed by atoms with van der Waals surface area (Å²) in [6.07, 6.45) is 2.32. The third-order valence-corrected chi connectivity index (χ3v) is 4.06. The van der Waals surface area contributed by atoms with Gasteiger partial charge in [-0.1, -0.05) is 6.92 Å². The maximum absolute atomic E-state index is 9.46. The average molecular weight is 257 g/mol. The third kappa shape index (κ3) is 5.22. The number of nitrogens with zero attached hydrogens (tertiary/aromatic N) is 2. The van der Waals surface area contributed by atoms with Crippen molar-refractivity contribution in [1.82, 2.24) is 15.1 Å².